The zero-order valence-electron chi connectivity index (χ0n) is 7.77. The molecule has 0 spiro atoms. The van der Waals surface area contributed by atoms with Crippen LogP contribution < -0.4 is 5.32 Å². The van der Waals surface area contributed by atoms with Gasteiger partial charge in [0, 0.05) is 5.56 Å². The van der Waals surface area contributed by atoms with Crippen LogP contribution in [0, 0.1) is 0 Å². The van der Waals surface area contributed by atoms with E-state index in [1.54, 1.807) is 31.2 Å². The molecule has 0 bridgehead atoms. The van der Waals surface area contributed by atoms with Crippen LogP contribution in [0.2, 0.25) is 0 Å². The van der Waals surface area contributed by atoms with Crippen LogP contribution in [0.25, 0.3) is 0 Å². The minimum atomic E-state index is -0.611. The number of ether oxygens (including phenoxy) is 1. The van der Waals surface area contributed by atoms with E-state index < -0.39 is 6.23 Å². The van der Waals surface area contributed by atoms with Crippen LogP contribution in [0.5, 0.6) is 0 Å². The molecule has 0 saturated carbocycles. The summed E-state index contributed by atoms with van der Waals surface area (Å²) in [6, 6.07) is 8.72. The van der Waals surface area contributed by atoms with Gasteiger partial charge in [-0.2, -0.15) is 0 Å². The fraction of sp³-hybridized carbons (Fsp3) is 0.200. The Bertz CT molecular complexity index is 310. The Hall–Kier alpha value is -1.84. The highest BCUT2D eigenvalue weighted by Crippen LogP contribution is 1.98. The smallest absolute Gasteiger partial charge is 0.294 e. The van der Waals surface area contributed by atoms with Crippen LogP contribution in [0.4, 0.5) is 0 Å². The average molecular weight is 193 g/mol. The summed E-state index contributed by atoms with van der Waals surface area (Å²) in [6.45, 7) is 1.88. The van der Waals surface area contributed by atoms with Crippen LogP contribution in [0.1, 0.15) is 17.3 Å². The van der Waals surface area contributed by atoms with Crippen LogP contribution in [-0.4, -0.2) is 18.6 Å². The van der Waals surface area contributed by atoms with E-state index in [1.165, 1.54) is 0 Å². The first kappa shape index (κ1) is 10.2. The van der Waals surface area contributed by atoms with Crippen molar-refractivity contribution in [2.45, 2.75) is 13.2 Å². The third-order valence-electron chi connectivity index (χ3n) is 1.63. The molecule has 0 aliphatic rings. The lowest BCUT2D eigenvalue weighted by Gasteiger charge is -2.11. The first-order valence-corrected chi connectivity index (χ1v) is 4.19. The lowest BCUT2D eigenvalue weighted by Crippen LogP contribution is -2.34. The quantitative estimate of drug-likeness (QED) is 0.571. The van der Waals surface area contributed by atoms with E-state index in [1.807, 2.05) is 6.07 Å². The summed E-state index contributed by atoms with van der Waals surface area (Å²) in [5.41, 5.74) is 0.536. The van der Waals surface area contributed by atoms with E-state index in [9.17, 15) is 9.59 Å². The molecule has 0 heterocycles. The highest BCUT2D eigenvalue weighted by molar-refractivity contribution is 5.94. The predicted molar refractivity (Wildman–Crippen MR) is 50.5 cm³/mol. The van der Waals surface area contributed by atoms with E-state index in [4.69, 9.17) is 0 Å². The molecule has 1 unspecified atom stereocenters. The normalized spacial score (nSPS) is 11.5. The molecular formula is C10H11NO3. The first-order chi connectivity index (χ1) is 6.74. The second kappa shape index (κ2) is 5.01. The Morgan fingerprint density at radius 1 is 1.43 bits per heavy atom. The van der Waals surface area contributed by atoms with Crippen LogP contribution >= 0.6 is 0 Å². The molecule has 0 radical (unpaired) electrons. The van der Waals surface area contributed by atoms with Gasteiger partial charge in [0.1, 0.15) is 0 Å². The monoisotopic (exact) mass is 193 g/mol. The van der Waals surface area contributed by atoms with Gasteiger partial charge in [-0.3, -0.25) is 9.59 Å². The number of carbonyl (C=O) groups excluding carboxylic acids is 2. The summed E-state index contributed by atoms with van der Waals surface area (Å²) in [5, 5.41) is 2.50. The molecule has 74 valence electrons. The summed E-state index contributed by atoms with van der Waals surface area (Å²) in [7, 11) is 0. The minimum absolute atomic E-state index is 0.264. The van der Waals surface area contributed by atoms with Gasteiger partial charge in [0.2, 0.25) is 0 Å². The minimum Gasteiger partial charge on any atom is -0.444 e. The van der Waals surface area contributed by atoms with Crippen molar-refractivity contribution >= 4 is 12.4 Å². The molecule has 0 saturated heterocycles. The Morgan fingerprint density at radius 3 is 2.64 bits per heavy atom. The highest BCUT2D eigenvalue weighted by atomic mass is 16.5. The van der Waals surface area contributed by atoms with Crippen molar-refractivity contribution in [1.29, 1.82) is 0 Å². The molecule has 0 fully saturated rings. The molecule has 0 aromatic heterocycles. The lowest BCUT2D eigenvalue weighted by molar-refractivity contribution is -0.133. The maximum atomic E-state index is 11.4. The largest absolute Gasteiger partial charge is 0.444 e. The zero-order valence-corrected chi connectivity index (χ0v) is 7.77. The Balaban J connectivity index is 2.55. The Morgan fingerprint density at radius 2 is 2.07 bits per heavy atom. The molecule has 14 heavy (non-hydrogen) atoms. The number of hydrogen-bond donors (Lipinski definition) is 1. The maximum absolute atomic E-state index is 11.4. The first-order valence-electron chi connectivity index (χ1n) is 4.19. The van der Waals surface area contributed by atoms with E-state index in [0.29, 0.717) is 12.0 Å². The van der Waals surface area contributed by atoms with Crippen LogP contribution in [0.15, 0.2) is 30.3 Å². The van der Waals surface area contributed by atoms with Crippen molar-refractivity contribution in [2.24, 2.45) is 0 Å². The number of rotatable bonds is 4. The number of carbonyl (C=O) groups is 2. The fourth-order valence-electron chi connectivity index (χ4n) is 0.975. The summed E-state index contributed by atoms with van der Waals surface area (Å²) in [6.07, 6.45) is -0.611. The van der Waals surface area contributed by atoms with E-state index in [-0.39, 0.29) is 5.91 Å². The van der Waals surface area contributed by atoms with Gasteiger partial charge in [0.15, 0.2) is 6.23 Å². The third-order valence-corrected chi connectivity index (χ3v) is 1.63. The van der Waals surface area contributed by atoms with Crippen molar-refractivity contribution in [3.05, 3.63) is 35.9 Å². The summed E-state index contributed by atoms with van der Waals surface area (Å²) in [5.74, 6) is -0.264. The molecule has 1 rings (SSSR count). The van der Waals surface area contributed by atoms with E-state index >= 15 is 0 Å². The zero-order chi connectivity index (χ0) is 10.4. The number of benzene rings is 1. The van der Waals surface area contributed by atoms with Crippen LogP contribution in [0.3, 0.4) is 0 Å². The second-order valence-electron chi connectivity index (χ2n) is 2.71. The van der Waals surface area contributed by atoms with Gasteiger partial charge in [0.25, 0.3) is 12.4 Å². The predicted octanol–water partition coefficient (Wildman–Crippen LogP) is 0.935. The van der Waals surface area contributed by atoms with Crippen LogP contribution in [-0.2, 0) is 9.53 Å². The SMILES string of the molecule is CC(NC(=O)c1ccccc1)OC=O. The lowest BCUT2D eigenvalue weighted by atomic mass is 10.2. The van der Waals surface area contributed by atoms with Crippen molar-refractivity contribution in [2.75, 3.05) is 0 Å². The molecule has 1 aromatic rings. The highest BCUT2D eigenvalue weighted by Gasteiger charge is 2.08. The number of nitrogens with one attached hydrogen (secondary N) is 1. The summed E-state index contributed by atoms with van der Waals surface area (Å²) >= 11 is 0. The second-order valence-corrected chi connectivity index (χ2v) is 2.71. The molecule has 4 nitrogen and oxygen atoms in total. The van der Waals surface area contributed by atoms with Gasteiger partial charge in [-0.05, 0) is 19.1 Å². The van der Waals surface area contributed by atoms with E-state index in [2.05, 4.69) is 10.1 Å². The molecular weight excluding hydrogens is 182 g/mol. The fourth-order valence-corrected chi connectivity index (χ4v) is 0.975. The molecule has 1 atom stereocenters. The number of hydrogen-bond acceptors (Lipinski definition) is 3. The molecule has 1 aromatic carbocycles. The number of amides is 1. The third kappa shape index (κ3) is 2.90. The molecule has 0 aliphatic heterocycles. The average Bonchev–Trinajstić information content (AvgIpc) is 2.19. The topological polar surface area (TPSA) is 55.4 Å². The standard InChI is InChI=1S/C10H11NO3/c1-8(14-7-12)11-10(13)9-5-3-2-4-6-9/h2-8H,1H3,(H,11,13). The van der Waals surface area contributed by atoms with Gasteiger partial charge in [-0.1, -0.05) is 18.2 Å². The Labute approximate surface area is 81.9 Å². The van der Waals surface area contributed by atoms with Gasteiger partial charge >= 0.3 is 0 Å². The molecule has 1 N–H and O–H groups in total. The van der Waals surface area contributed by atoms with E-state index in [0.717, 1.165) is 0 Å². The maximum Gasteiger partial charge on any atom is 0.294 e. The van der Waals surface area contributed by atoms with Gasteiger partial charge in [0.05, 0.1) is 0 Å². The van der Waals surface area contributed by atoms with Crippen molar-refractivity contribution in [3.8, 4) is 0 Å². The Kier molecular flexibility index (Phi) is 3.67. The van der Waals surface area contributed by atoms with Gasteiger partial charge < -0.3 is 10.1 Å². The molecule has 0 aliphatic carbocycles. The van der Waals surface area contributed by atoms with Crippen molar-refractivity contribution < 1.29 is 14.3 Å². The van der Waals surface area contributed by atoms with Gasteiger partial charge in [-0.25, -0.2) is 0 Å². The summed E-state index contributed by atoms with van der Waals surface area (Å²) < 4.78 is 4.52. The van der Waals surface area contributed by atoms with Crippen molar-refractivity contribution in [1.82, 2.24) is 5.32 Å². The van der Waals surface area contributed by atoms with Gasteiger partial charge in [-0.15, -0.1) is 0 Å². The molecule has 1 amide bonds. The van der Waals surface area contributed by atoms with Crippen molar-refractivity contribution in [3.63, 3.8) is 0 Å². The molecule has 4 heteroatoms. The summed E-state index contributed by atoms with van der Waals surface area (Å²) in [4.78, 5) is 21.4.